The molecule has 0 bridgehead atoms. The Morgan fingerprint density at radius 2 is 1.78 bits per heavy atom. The Balaban J connectivity index is 2.88. The Hall–Kier alpha value is -0.660. The van der Waals surface area contributed by atoms with E-state index in [2.05, 4.69) is 9.44 Å². The molecule has 0 aromatic carbocycles. The first-order valence-corrected chi connectivity index (χ1v) is 7.69. The number of methoxy groups -OCH3 is 1. The lowest BCUT2D eigenvalue weighted by molar-refractivity contribution is -0.149. The number of hydrogen-bond donors (Lipinski definition) is 2. The van der Waals surface area contributed by atoms with Crippen molar-refractivity contribution in [3.8, 4) is 0 Å². The van der Waals surface area contributed by atoms with Gasteiger partial charge in [0.05, 0.1) is 7.11 Å². The van der Waals surface area contributed by atoms with Gasteiger partial charge in [-0.15, -0.1) is 0 Å². The van der Waals surface area contributed by atoms with Crippen LogP contribution in [0.1, 0.15) is 46.0 Å². The van der Waals surface area contributed by atoms with Crippen LogP contribution in [0.5, 0.6) is 0 Å². The second kappa shape index (κ2) is 5.99. The summed E-state index contributed by atoms with van der Waals surface area (Å²) in [6, 6.07) is -0.221. The summed E-state index contributed by atoms with van der Waals surface area (Å²) >= 11 is 0. The molecule has 0 aliphatic heterocycles. The van der Waals surface area contributed by atoms with E-state index in [1.807, 2.05) is 0 Å². The van der Waals surface area contributed by atoms with Crippen LogP contribution in [0.3, 0.4) is 0 Å². The molecule has 2 N–H and O–H groups in total. The first kappa shape index (κ1) is 15.4. The minimum atomic E-state index is -3.69. The van der Waals surface area contributed by atoms with E-state index >= 15 is 0 Å². The van der Waals surface area contributed by atoms with Crippen molar-refractivity contribution < 1.29 is 17.9 Å². The molecule has 0 radical (unpaired) electrons. The maximum absolute atomic E-state index is 11.9. The molecule has 0 unspecified atom stereocenters. The number of ether oxygens (including phenoxy) is 1. The van der Waals surface area contributed by atoms with Crippen molar-refractivity contribution in [1.29, 1.82) is 0 Å². The van der Waals surface area contributed by atoms with E-state index < -0.39 is 21.7 Å². The number of carbonyl (C=O) groups excluding carboxylic acids is 1. The second-order valence-corrected chi connectivity index (χ2v) is 6.46. The van der Waals surface area contributed by atoms with Crippen molar-refractivity contribution in [2.75, 3.05) is 7.11 Å². The molecule has 106 valence electrons. The largest absolute Gasteiger partial charge is 0.468 e. The smallest absolute Gasteiger partial charge is 0.327 e. The van der Waals surface area contributed by atoms with Gasteiger partial charge >= 0.3 is 5.97 Å². The quantitative estimate of drug-likeness (QED) is 0.725. The summed E-state index contributed by atoms with van der Waals surface area (Å²) in [6.45, 7) is 3.45. The van der Waals surface area contributed by atoms with Gasteiger partial charge in [-0.1, -0.05) is 19.3 Å². The summed E-state index contributed by atoms with van der Waals surface area (Å²) in [4.78, 5) is 11.9. The van der Waals surface area contributed by atoms with Gasteiger partial charge in [0.1, 0.15) is 5.54 Å². The van der Waals surface area contributed by atoms with Crippen LogP contribution in [0.25, 0.3) is 0 Å². The normalized spacial score (nSPS) is 19.8. The van der Waals surface area contributed by atoms with E-state index in [9.17, 15) is 13.2 Å². The van der Waals surface area contributed by atoms with E-state index in [4.69, 9.17) is 4.74 Å². The highest BCUT2D eigenvalue weighted by Crippen LogP contribution is 2.29. The van der Waals surface area contributed by atoms with E-state index in [-0.39, 0.29) is 6.04 Å². The van der Waals surface area contributed by atoms with E-state index in [0.717, 1.165) is 19.3 Å². The minimum absolute atomic E-state index is 0.221. The predicted octanol–water partition coefficient (Wildman–Crippen LogP) is 0.695. The van der Waals surface area contributed by atoms with Crippen LogP contribution in [0.15, 0.2) is 0 Å². The van der Waals surface area contributed by atoms with Gasteiger partial charge in [0.15, 0.2) is 0 Å². The Kier molecular flexibility index (Phi) is 5.12. The van der Waals surface area contributed by atoms with E-state index in [1.165, 1.54) is 7.11 Å². The van der Waals surface area contributed by atoms with Crippen molar-refractivity contribution in [3.63, 3.8) is 0 Å². The molecule has 1 aliphatic carbocycles. The number of esters is 1. The fourth-order valence-corrected chi connectivity index (χ4v) is 3.78. The number of nitrogens with one attached hydrogen (secondary N) is 2. The van der Waals surface area contributed by atoms with Crippen LogP contribution in [-0.4, -0.2) is 33.1 Å². The third-order valence-electron chi connectivity index (χ3n) is 3.00. The molecule has 1 saturated carbocycles. The van der Waals surface area contributed by atoms with Gasteiger partial charge < -0.3 is 4.74 Å². The second-order valence-electron chi connectivity index (χ2n) is 5.01. The van der Waals surface area contributed by atoms with Crippen molar-refractivity contribution >= 4 is 16.2 Å². The molecule has 0 aromatic rings. The summed E-state index contributed by atoms with van der Waals surface area (Å²) in [5, 5.41) is 0. The van der Waals surface area contributed by atoms with E-state index in [1.54, 1.807) is 13.8 Å². The topological polar surface area (TPSA) is 84.5 Å². The third-order valence-corrected chi connectivity index (χ3v) is 4.44. The average Bonchev–Trinajstić information content (AvgIpc) is 2.26. The minimum Gasteiger partial charge on any atom is -0.468 e. The monoisotopic (exact) mass is 278 g/mol. The van der Waals surface area contributed by atoms with Gasteiger partial charge in [0, 0.05) is 6.04 Å². The molecule has 0 amide bonds. The van der Waals surface area contributed by atoms with E-state index in [0.29, 0.717) is 12.8 Å². The molecule has 6 nitrogen and oxygen atoms in total. The van der Waals surface area contributed by atoms with Gasteiger partial charge in [-0.25, -0.2) is 0 Å². The van der Waals surface area contributed by atoms with Crippen LogP contribution in [0, 0.1) is 0 Å². The average molecular weight is 278 g/mol. The Labute approximate surface area is 109 Å². The van der Waals surface area contributed by atoms with Gasteiger partial charge in [-0.3, -0.25) is 4.79 Å². The lowest BCUT2D eigenvalue weighted by atomic mass is 9.83. The zero-order valence-electron chi connectivity index (χ0n) is 11.2. The Morgan fingerprint density at radius 1 is 1.22 bits per heavy atom. The van der Waals surface area contributed by atoms with Gasteiger partial charge in [0.2, 0.25) is 0 Å². The molecule has 0 spiro atoms. The number of carbonyl (C=O) groups is 1. The highest BCUT2D eigenvalue weighted by molar-refractivity contribution is 7.87. The highest BCUT2D eigenvalue weighted by Gasteiger charge is 2.43. The first-order valence-electron chi connectivity index (χ1n) is 6.21. The molecule has 0 atom stereocenters. The molecule has 7 heteroatoms. The molecule has 1 aliphatic rings. The molecule has 0 aromatic heterocycles. The third kappa shape index (κ3) is 3.93. The van der Waals surface area contributed by atoms with Gasteiger partial charge in [-0.2, -0.15) is 17.9 Å². The lowest BCUT2D eigenvalue weighted by Crippen LogP contribution is -2.59. The van der Waals surface area contributed by atoms with Crippen LogP contribution in [0.4, 0.5) is 0 Å². The highest BCUT2D eigenvalue weighted by atomic mass is 32.2. The standard InChI is InChI=1S/C11H22N2O4S/c1-9(2)12-18(15,16)13-11(10(14)17-3)7-5-4-6-8-11/h9,12-13H,4-8H2,1-3H3. The summed E-state index contributed by atoms with van der Waals surface area (Å²) in [7, 11) is -2.41. The Bertz CT molecular complexity index is 386. The molecule has 0 saturated heterocycles. The molecular formula is C11H22N2O4S. The summed E-state index contributed by atoms with van der Waals surface area (Å²) in [5.41, 5.74) is -1.10. The first-order chi connectivity index (χ1) is 8.31. The van der Waals surface area contributed by atoms with Gasteiger partial charge in [-0.05, 0) is 26.7 Å². The lowest BCUT2D eigenvalue weighted by Gasteiger charge is -2.34. The fourth-order valence-electron chi connectivity index (χ4n) is 2.30. The summed E-state index contributed by atoms with van der Waals surface area (Å²) in [6.07, 6.45) is 3.62. The molecule has 18 heavy (non-hydrogen) atoms. The van der Waals surface area contributed by atoms with Crippen LogP contribution in [0.2, 0.25) is 0 Å². The zero-order chi connectivity index (χ0) is 13.8. The SMILES string of the molecule is COC(=O)C1(NS(=O)(=O)NC(C)C)CCCCC1. The van der Waals surface area contributed by atoms with Gasteiger partial charge in [0.25, 0.3) is 10.2 Å². The van der Waals surface area contributed by atoms with Crippen molar-refractivity contribution in [2.24, 2.45) is 0 Å². The van der Waals surface area contributed by atoms with Crippen molar-refractivity contribution in [2.45, 2.75) is 57.5 Å². The van der Waals surface area contributed by atoms with Crippen LogP contribution in [-0.2, 0) is 19.7 Å². The molecule has 0 heterocycles. The maximum atomic E-state index is 11.9. The molecule has 1 rings (SSSR count). The molecular weight excluding hydrogens is 256 g/mol. The number of hydrogen-bond acceptors (Lipinski definition) is 4. The van der Waals surface area contributed by atoms with Crippen LogP contribution < -0.4 is 9.44 Å². The fraction of sp³-hybridized carbons (Fsp3) is 0.909. The maximum Gasteiger partial charge on any atom is 0.327 e. The van der Waals surface area contributed by atoms with Crippen molar-refractivity contribution in [1.82, 2.24) is 9.44 Å². The van der Waals surface area contributed by atoms with Crippen LogP contribution >= 0.6 is 0 Å². The summed E-state index contributed by atoms with van der Waals surface area (Å²) in [5.74, 6) is -0.503. The Morgan fingerprint density at radius 3 is 2.22 bits per heavy atom. The zero-order valence-corrected chi connectivity index (χ0v) is 12.0. The predicted molar refractivity (Wildman–Crippen MR) is 68.2 cm³/mol. The molecule has 1 fully saturated rings. The summed E-state index contributed by atoms with van der Waals surface area (Å²) < 4.78 is 33.5. The van der Waals surface area contributed by atoms with Crippen molar-refractivity contribution in [3.05, 3.63) is 0 Å². The number of rotatable bonds is 5.